The Morgan fingerprint density at radius 1 is 1.00 bits per heavy atom. The van der Waals surface area contributed by atoms with Crippen LogP contribution in [-0.4, -0.2) is 35.8 Å². The van der Waals surface area contributed by atoms with E-state index >= 15 is 0 Å². The molecule has 1 N–H and O–H groups in total. The van der Waals surface area contributed by atoms with E-state index < -0.39 is 0 Å². The number of rotatable bonds is 4. The summed E-state index contributed by atoms with van der Waals surface area (Å²) in [7, 11) is 1.54. The lowest BCUT2D eigenvalue weighted by Crippen LogP contribution is -2.40. The van der Waals surface area contributed by atoms with Crippen LogP contribution in [0.3, 0.4) is 0 Å². The van der Waals surface area contributed by atoms with E-state index in [0.717, 1.165) is 37.7 Å². The van der Waals surface area contributed by atoms with Gasteiger partial charge >= 0.3 is 0 Å². The smallest absolute Gasteiger partial charge is 0.261 e. The molecule has 1 heterocycles. The zero-order valence-corrected chi connectivity index (χ0v) is 16.7. The topological polar surface area (TPSA) is 75.7 Å². The first-order valence-electron chi connectivity index (χ1n) is 9.97. The van der Waals surface area contributed by atoms with E-state index in [1.165, 1.54) is 11.0 Å². The van der Waals surface area contributed by atoms with Crippen LogP contribution in [0.25, 0.3) is 0 Å². The van der Waals surface area contributed by atoms with Gasteiger partial charge in [-0.15, -0.1) is 0 Å². The molecule has 0 unspecified atom stereocenters. The summed E-state index contributed by atoms with van der Waals surface area (Å²) in [6.45, 7) is 1.93. The van der Waals surface area contributed by atoms with Crippen LogP contribution in [-0.2, 0) is 0 Å². The Balaban J connectivity index is 1.59. The lowest BCUT2D eigenvalue weighted by molar-refractivity contribution is 0.0549. The summed E-state index contributed by atoms with van der Waals surface area (Å²) in [6.07, 6.45) is 4.92. The fourth-order valence-electron chi connectivity index (χ4n) is 4.19. The van der Waals surface area contributed by atoms with Gasteiger partial charge in [-0.3, -0.25) is 19.3 Å². The van der Waals surface area contributed by atoms with Gasteiger partial charge in [-0.1, -0.05) is 25.3 Å². The molecule has 0 aromatic heterocycles. The van der Waals surface area contributed by atoms with E-state index in [0.29, 0.717) is 28.1 Å². The Morgan fingerprint density at radius 3 is 2.45 bits per heavy atom. The lowest BCUT2D eigenvalue weighted by Gasteiger charge is -2.29. The first kappa shape index (κ1) is 19.2. The number of anilines is 1. The molecule has 0 radical (unpaired) electrons. The molecule has 1 saturated carbocycles. The fourth-order valence-corrected chi connectivity index (χ4v) is 4.19. The van der Waals surface area contributed by atoms with Gasteiger partial charge in [-0.2, -0.15) is 0 Å². The number of carbonyl (C=O) groups is 3. The van der Waals surface area contributed by atoms with Crippen molar-refractivity contribution in [3.05, 3.63) is 58.7 Å². The van der Waals surface area contributed by atoms with Gasteiger partial charge in [0.15, 0.2) is 0 Å². The Morgan fingerprint density at radius 2 is 1.72 bits per heavy atom. The van der Waals surface area contributed by atoms with Gasteiger partial charge in [-0.05, 0) is 55.7 Å². The maximum atomic E-state index is 12.9. The number of hydrogen-bond donors (Lipinski definition) is 1. The number of amides is 3. The highest BCUT2D eigenvalue weighted by Crippen LogP contribution is 2.32. The van der Waals surface area contributed by atoms with Crippen LogP contribution >= 0.6 is 0 Å². The first-order valence-corrected chi connectivity index (χ1v) is 9.97. The Hall–Kier alpha value is -3.15. The summed E-state index contributed by atoms with van der Waals surface area (Å²) in [6, 6.07) is 10.2. The summed E-state index contributed by atoms with van der Waals surface area (Å²) in [5.74, 6) is -0.336. The Labute approximate surface area is 169 Å². The highest BCUT2D eigenvalue weighted by molar-refractivity contribution is 6.22. The van der Waals surface area contributed by atoms with Gasteiger partial charge in [0, 0.05) is 11.6 Å². The van der Waals surface area contributed by atoms with Crippen LogP contribution in [0.4, 0.5) is 5.69 Å². The average Bonchev–Trinajstić information content (AvgIpc) is 2.98. The van der Waals surface area contributed by atoms with Crippen LogP contribution in [0.5, 0.6) is 5.75 Å². The van der Waals surface area contributed by atoms with Gasteiger partial charge in [-0.25, -0.2) is 0 Å². The second-order valence-corrected chi connectivity index (χ2v) is 7.69. The Kier molecular flexibility index (Phi) is 5.09. The van der Waals surface area contributed by atoms with E-state index in [2.05, 4.69) is 5.32 Å². The van der Waals surface area contributed by atoms with Crippen molar-refractivity contribution in [2.24, 2.45) is 0 Å². The third kappa shape index (κ3) is 3.50. The third-order valence-corrected chi connectivity index (χ3v) is 5.72. The number of benzene rings is 2. The van der Waals surface area contributed by atoms with Crippen molar-refractivity contribution in [1.29, 1.82) is 0 Å². The number of imide groups is 1. The molecule has 3 amide bonds. The van der Waals surface area contributed by atoms with E-state index in [9.17, 15) is 14.4 Å². The summed E-state index contributed by atoms with van der Waals surface area (Å²) in [5, 5.41) is 2.84. The van der Waals surface area contributed by atoms with Crippen molar-refractivity contribution in [2.45, 2.75) is 45.1 Å². The molecule has 1 aliphatic heterocycles. The van der Waals surface area contributed by atoms with Crippen molar-refractivity contribution < 1.29 is 19.1 Å². The minimum absolute atomic E-state index is 0.0371. The van der Waals surface area contributed by atoms with Crippen molar-refractivity contribution >= 4 is 23.4 Å². The number of aryl methyl sites for hydroxylation is 1. The average molecular weight is 392 g/mol. The molecule has 0 saturated heterocycles. The van der Waals surface area contributed by atoms with Crippen molar-refractivity contribution in [3.63, 3.8) is 0 Å². The van der Waals surface area contributed by atoms with Crippen molar-refractivity contribution in [1.82, 2.24) is 4.90 Å². The maximum Gasteiger partial charge on any atom is 0.261 e. The van der Waals surface area contributed by atoms with Gasteiger partial charge in [0.1, 0.15) is 5.75 Å². The molecule has 150 valence electrons. The van der Waals surface area contributed by atoms with Crippen LogP contribution in [0.1, 0.15) is 68.7 Å². The predicted molar refractivity (Wildman–Crippen MR) is 109 cm³/mol. The first-order chi connectivity index (χ1) is 14.0. The molecule has 0 atom stereocenters. The molecule has 0 bridgehead atoms. The molecule has 1 fully saturated rings. The van der Waals surface area contributed by atoms with Gasteiger partial charge in [0.2, 0.25) is 0 Å². The maximum absolute atomic E-state index is 12.9. The highest BCUT2D eigenvalue weighted by Gasteiger charge is 2.40. The summed E-state index contributed by atoms with van der Waals surface area (Å²) >= 11 is 0. The van der Waals surface area contributed by atoms with Crippen molar-refractivity contribution in [3.8, 4) is 5.75 Å². The van der Waals surface area contributed by atoms with E-state index in [-0.39, 0.29) is 23.8 Å². The molecule has 6 nitrogen and oxygen atoms in total. The second-order valence-electron chi connectivity index (χ2n) is 7.69. The molecule has 0 spiro atoms. The quantitative estimate of drug-likeness (QED) is 0.792. The summed E-state index contributed by atoms with van der Waals surface area (Å²) in [4.78, 5) is 39.9. The van der Waals surface area contributed by atoms with Gasteiger partial charge < -0.3 is 10.1 Å². The zero-order valence-electron chi connectivity index (χ0n) is 16.7. The predicted octanol–water partition coefficient (Wildman–Crippen LogP) is 4.18. The van der Waals surface area contributed by atoms with Crippen LogP contribution < -0.4 is 10.1 Å². The number of nitrogens with zero attached hydrogens (tertiary/aromatic N) is 1. The number of carbonyl (C=O) groups excluding carboxylic acids is 3. The van der Waals surface area contributed by atoms with Crippen LogP contribution in [0.2, 0.25) is 0 Å². The molecule has 2 aromatic rings. The monoisotopic (exact) mass is 392 g/mol. The molecule has 1 aliphatic carbocycles. The number of ether oxygens (including phenoxy) is 1. The third-order valence-electron chi connectivity index (χ3n) is 5.72. The van der Waals surface area contributed by atoms with Crippen LogP contribution in [0.15, 0.2) is 36.4 Å². The number of fused-ring (bicyclic) bond motifs is 1. The van der Waals surface area contributed by atoms with E-state index in [4.69, 9.17) is 4.74 Å². The normalized spacial score (nSPS) is 16.7. The molecular formula is C23H24N2O4. The largest absolute Gasteiger partial charge is 0.495 e. The molecule has 2 aromatic carbocycles. The zero-order chi connectivity index (χ0) is 20.5. The minimum atomic E-state index is -0.354. The SMILES string of the molecule is COc1ccc(C)cc1NC(=O)c1ccc2c(c1)C(=O)N(C1CCCCC1)C2=O. The number of hydrogen-bond acceptors (Lipinski definition) is 4. The van der Waals surface area contributed by atoms with Crippen LogP contribution in [0, 0.1) is 6.92 Å². The highest BCUT2D eigenvalue weighted by atomic mass is 16.5. The van der Waals surface area contributed by atoms with Gasteiger partial charge in [0.25, 0.3) is 17.7 Å². The standard InChI is InChI=1S/C23H24N2O4/c1-14-8-11-20(29-2)19(12-14)24-21(26)15-9-10-17-18(13-15)23(28)25(22(17)27)16-6-4-3-5-7-16/h8-13,16H,3-7H2,1-2H3,(H,24,26). The lowest BCUT2D eigenvalue weighted by atomic mass is 9.94. The minimum Gasteiger partial charge on any atom is -0.495 e. The van der Waals surface area contributed by atoms with E-state index in [1.54, 1.807) is 25.3 Å². The molecule has 2 aliphatic rings. The van der Waals surface area contributed by atoms with Gasteiger partial charge in [0.05, 0.1) is 23.9 Å². The number of methoxy groups -OCH3 is 1. The van der Waals surface area contributed by atoms with Crippen molar-refractivity contribution in [2.75, 3.05) is 12.4 Å². The summed E-state index contributed by atoms with van der Waals surface area (Å²) in [5.41, 5.74) is 2.57. The molecule has 4 rings (SSSR count). The molecule has 29 heavy (non-hydrogen) atoms. The summed E-state index contributed by atoms with van der Waals surface area (Å²) < 4.78 is 5.30. The fraction of sp³-hybridized carbons (Fsp3) is 0.348. The molecule has 6 heteroatoms. The Bertz CT molecular complexity index is 992. The second kappa shape index (κ2) is 7.70. The van der Waals surface area contributed by atoms with E-state index in [1.807, 2.05) is 19.1 Å². The number of nitrogens with one attached hydrogen (secondary N) is 1. The molecular weight excluding hydrogens is 368 g/mol.